The van der Waals surface area contributed by atoms with Crippen molar-refractivity contribution in [1.29, 1.82) is 0 Å². The lowest BCUT2D eigenvalue weighted by atomic mass is 10.1. The number of hydrogen-bond acceptors (Lipinski definition) is 2. The zero-order valence-corrected chi connectivity index (χ0v) is 10.2. The Hall–Kier alpha value is -1.81. The van der Waals surface area contributed by atoms with Crippen LogP contribution in [0.2, 0.25) is 0 Å². The van der Waals surface area contributed by atoms with Crippen LogP contribution < -0.4 is 5.69 Å². The molecular formula is C13H16N2O2. The molecule has 2 aromatic rings. The number of aliphatic hydroxyl groups excluding tert-OH is 1. The average molecular weight is 232 g/mol. The summed E-state index contributed by atoms with van der Waals surface area (Å²) in [4.78, 5) is 11.9. The van der Waals surface area contributed by atoms with Gasteiger partial charge >= 0.3 is 5.69 Å². The quantitative estimate of drug-likeness (QED) is 0.853. The zero-order valence-electron chi connectivity index (χ0n) is 10.2. The second-order valence-electron chi connectivity index (χ2n) is 4.27. The van der Waals surface area contributed by atoms with Crippen molar-refractivity contribution in [3.63, 3.8) is 0 Å². The third-order valence-corrected chi connectivity index (χ3v) is 2.84. The van der Waals surface area contributed by atoms with Crippen molar-refractivity contribution in [3.8, 4) is 5.69 Å². The molecule has 0 spiro atoms. The maximum atomic E-state index is 11.9. The topological polar surface area (TPSA) is 47.2 Å². The van der Waals surface area contributed by atoms with Gasteiger partial charge in [-0.3, -0.25) is 4.57 Å². The van der Waals surface area contributed by atoms with Crippen LogP contribution in [0.25, 0.3) is 5.69 Å². The largest absolute Gasteiger partial charge is 0.389 e. The maximum absolute atomic E-state index is 11.9. The second kappa shape index (κ2) is 4.22. The fourth-order valence-electron chi connectivity index (χ4n) is 1.94. The molecule has 0 aliphatic rings. The van der Waals surface area contributed by atoms with Crippen LogP contribution in [0.15, 0.2) is 35.3 Å². The monoisotopic (exact) mass is 232 g/mol. The van der Waals surface area contributed by atoms with Crippen molar-refractivity contribution in [2.75, 3.05) is 0 Å². The van der Waals surface area contributed by atoms with Crippen LogP contribution in [0.4, 0.5) is 0 Å². The summed E-state index contributed by atoms with van der Waals surface area (Å²) in [6.07, 6.45) is 1.26. The van der Waals surface area contributed by atoms with Gasteiger partial charge in [-0.25, -0.2) is 4.79 Å². The van der Waals surface area contributed by atoms with E-state index in [0.717, 1.165) is 16.9 Å². The molecule has 1 atom stereocenters. The smallest absolute Gasteiger partial charge is 0.332 e. The van der Waals surface area contributed by atoms with Gasteiger partial charge in [-0.05, 0) is 31.5 Å². The normalized spacial score (nSPS) is 12.7. The number of benzene rings is 1. The van der Waals surface area contributed by atoms with Crippen LogP contribution in [-0.4, -0.2) is 14.2 Å². The van der Waals surface area contributed by atoms with Crippen LogP contribution in [0.1, 0.15) is 24.3 Å². The lowest BCUT2D eigenvalue weighted by molar-refractivity contribution is 0.199. The van der Waals surface area contributed by atoms with Crippen LogP contribution >= 0.6 is 0 Å². The van der Waals surface area contributed by atoms with E-state index in [9.17, 15) is 9.90 Å². The summed E-state index contributed by atoms with van der Waals surface area (Å²) in [7, 11) is 1.73. The summed E-state index contributed by atoms with van der Waals surface area (Å²) < 4.78 is 3.18. The molecular weight excluding hydrogens is 216 g/mol. The van der Waals surface area contributed by atoms with Gasteiger partial charge in [0.05, 0.1) is 11.8 Å². The van der Waals surface area contributed by atoms with E-state index in [4.69, 9.17) is 0 Å². The fraction of sp³-hybridized carbons (Fsp3) is 0.308. The molecule has 4 nitrogen and oxygen atoms in total. The van der Waals surface area contributed by atoms with Crippen LogP contribution in [0.5, 0.6) is 0 Å². The summed E-state index contributed by atoms with van der Waals surface area (Å²) in [6, 6.07) is 7.38. The van der Waals surface area contributed by atoms with E-state index < -0.39 is 6.10 Å². The van der Waals surface area contributed by atoms with E-state index in [1.54, 1.807) is 29.3 Å². The SMILES string of the molecule is Cc1cn(C)c(=O)n1-c1cccc(C(C)O)c1. The van der Waals surface area contributed by atoms with E-state index in [1.807, 2.05) is 31.2 Å². The van der Waals surface area contributed by atoms with Gasteiger partial charge < -0.3 is 9.67 Å². The summed E-state index contributed by atoms with van der Waals surface area (Å²) in [5.41, 5.74) is 2.38. The number of imidazole rings is 1. The van der Waals surface area contributed by atoms with Crippen LogP contribution in [-0.2, 0) is 7.05 Å². The molecule has 0 amide bonds. The minimum absolute atomic E-state index is 0.0785. The number of nitrogens with zero attached hydrogens (tertiary/aromatic N) is 2. The van der Waals surface area contributed by atoms with Crippen molar-refractivity contribution in [2.24, 2.45) is 7.05 Å². The first-order chi connectivity index (χ1) is 8.00. The summed E-state index contributed by atoms with van der Waals surface area (Å²) >= 11 is 0. The predicted octanol–water partition coefficient (Wildman–Crippen LogP) is 1.54. The summed E-state index contributed by atoms with van der Waals surface area (Å²) in [5.74, 6) is 0. The van der Waals surface area contributed by atoms with Crippen molar-refractivity contribution in [2.45, 2.75) is 20.0 Å². The molecule has 2 rings (SSSR count). The van der Waals surface area contributed by atoms with Crippen LogP contribution in [0, 0.1) is 6.92 Å². The Morgan fingerprint density at radius 2 is 2.06 bits per heavy atom. The number of rotatable bonds is 2. The average Bonchev–Trinajstić information content (AvgIpc) is 2.53. The first-order valence-electron chi connectivity index (χ1n) is 5.54. The predicted molar refractivity (Wildman–Crippen MR) is 66.4 cm³/mol. The molecule has 1 heterocycles. The zero-order chi connectivity index (χ0) is 12.6. The van der Waals surface area contributed by atoms with Crippen molar-refractivity contribution in [1.82, 2.24) is 9.13 Å². The molecule has 0 fully saturated rings. The highest BCUT2D eigenvalue weighted by molar-refractivity contribution is 5.38. The molecule has 0 bridgehead atoms. The molecule has 1 N–H and O–H groups in total. The van der Waals surface area contributed by atoms with E-state index >= 15 is 0 Å². The minimum Gasteiger partial charge on any atom is -0.389 e. The van der Waals surface area contributed by atoms with Crippen molar-refractivity contribution >= 4 is 0 Å². The number of aliphatic hydroxyl groups is 1. The van der Waals surface area contributed by atoms with Crippen molar-refractivity contribution < 1.29 is 5.11 Å². The summed E-state index contributed by atoms with van der Waals surface area (Å²) in [6.45, 7) is 3.59. The fourth-order valence-corrected chi connectivity index (χ4v) is 1.94. The summed E-state index contributed by atoms with van der Waals surface area (Å²) in [5, 5.41) is 9.55. The minimum atomic E-state index is -0.533. The Bertz CT molecular complexity index is 594. The number of aryl methyl sites for hydroxylation is 2. The highest BCUT2D eigenvalue weighted by Gasteiger charge is 2.09. The number of aromatic nitrogens is 2. The van der Waals surface area contributed by atoms with E-state index in [-0.39, 0.29) is 5.69 Å². The van der Waals surface area contributed by atoms with Gasteiger partial charge in [-0.1, -0.05) is 12.1 Å². The number of hydrogen-bond donors (Lipinski definition) is 1. The first-order valence-corrected chi connectivity index (χ1v) is 5.54. The Morgan fingerprint density at radius 3 is 2.59 bits per heavy atom. The third kappa shape index (κ3) is 2.03. The molecule has 17 heavy (non-hydrogen) atoms. The molecule has 0 radical (unpaired) electrons. The Kier molecular flexibility index (Phi) is 2.90. The van der Waals surface area contributed by atoms with E-state index in [2.05, 4.69) is 0 Å². The Labute approximate surface area is 99.8 Å². The van der Waals surface area contributed by atoms with Gasteiger partial charge in [-0.15, -0.1) is 0 Å². The molecule has 90 valence electrons. The first kappa shape index (κ1) is 11.7. The lowest BCUT2D eigenvalue weighted by Gasteiger charge is -2.08. The third-order valence-electron chi connectivity index (χ3n) is 2.84. The van der Waals surface area contributed by atoms with Crippen molar-refractivity contribution in [3.05, 3.63) is 52.2 Å². The molecule has 0 aliphatic heterocycles. The molecule has 0 saturated carbocycles. The Balaban J connectivity index is 2.61. The van der Waals surface area contributed by atoms with Gasteiger partial charge in [0.1, 0.15) is 0 Å². The molecule has 1 unspecified atom stereocenters. The molecule has 0 aliphatic carbocycles. The van der Waals surface area contributed by atoms with Gasteiger partial charge in [0.2, 0.25) is 0 Å². The Morgan fingerprint density at radius 1 is 1.35 bits per heavy atom. The van der Waals surface area contributed by atoms with Gasteiger partial charge in [-0.2, -0.15) is 0 Å². The second-order valence-corrected chi connectivity index (χ2v) is 4.27. The highest BCUT2D eigenvalue weighted by atomic mass is 16.3. The van der Waals surface area contributed by atoms with Gasteiger partial charge in [0.15, 0.2) is 0 Å². The molecule has 0 saturated heterocycles. The highest BCUT2D eigenvalue weighted by Crippen LogP contribution is 2.16. The molecule has 4 heteroatoms. The van der Waals surface area contributed by atoms with Gasteiger partial charge in [0.25, 0.3) is 0 Å². The lowest BCUT2D eigenvalue weighted by Crippen LogP contribution is -2.21. The van der Waals surface area contributed by atoms with E-state index in [1.165, 1.54) is 0 Å². The molecule has 1 aromatic heterocycles. The van der Waals surface area contributed by atoms with E-state index in [0.29, 0.717) is 0 Å². The van der Waals surface area contributed by atoms with Crippen LogP contribution in [0.3, 0.4) is 0 Å². The maximum Gasteiger partial charge on any atom is 0.332 e. The standard InChI is InChI=1S/C13H16N2O2/c1-9-8-14(3)13(17)15(9)12-6-4-5-11(7-12)10(2)16/h4-8,10,16H,1-3H3. The molecule has 1 aromatic carbocycles. The van der Waals surface area contributed by atoms with Gasteiger partial charge in [0, 0.05) is 18.9 Å².